The second-order valence-electron chi connectivity index (χ2n) is 6.67. The number of carbonyl (C=O) groups excluding carboxylic acids is 1. The molecule has 1 aliphatic rings. The topological polar surface area (TPSA) is 65.5 Å². The number of carbonyl (C=O) groups is 1. The number of aliphatic hydroxyl groups excluding tert-OH is 1. The maximum atomic E-state index is 12.5. The highest BCUT2D eigenvalue weighted by Crippen LogP contribution is 2.18. The first kappa shape index (κ1) is 16.9. The van der Waals surface area contributed by atoms with Crippen LogP contribution in [0.2, 0.25) is 0 Å². The maximum Gasteiger partial charge on any atom is 0.253 e. The Hall–Kier alpha value is -1.98. The first-order chi connectivity index (χ1) is 11.5. The molecule has 0 radical (unpaired) electrons. The second-order valence-corrected chi connectivity index (χ2v) is 6.67. The first-order valence-electron chi connectivity index (χ1n) is 8.59. The smallest absolute Gasteiger partial charge is 0.253 e. The summed E-state index contributed by atoms with van der Waals surface area (Å²) in [4.78, 5) is 19.2. The summed E-state index contributed by atoms with van der Waals surface area (Å²) < 4.78 is 0. The van der Waals surface area contributed by atoms with Gasteiger partial charge in [-0.2, -0.15) is 0 Å². The van der Waals surface area contributed by atoms with Gasteiger partial charge in [0.05, 0.1) is 22.9 Å². The summed E-state index contributed by atoms with van der Waals surface area (Å²) >= 11 is 0. The van der Waals surface area contributed by atoms with Gasteiger partial charge in [0, 0.05) is 25.0 Å². The minimum atomic E-state index is -0.232. The lowest BCUT2D eigenvalue weighted by atomic mass is 10.1. The van der Waals surface area contributed by atoms with E-state index >= 15 is 0 Å². The molecular weight excluding hydrogens is 302 g/mol. The van der Waals surface area contributed by atoms with E-state index in [-0.39, 0.29) is 12.0 Å². The van der Waals surface area contributed by atoms with Crippen molar-refractivity contribution < 1.29 is 9.90 Å². The van der Waals surface area contributed by atoms with Crippen LogP contribution in [0.5, 0.6) is 0 Å². The largest absolute Gasteiger partial charge is 0.392 e. The highest BCUT2D eigenvalue weighted by Gasteiger charge is 2.17. The van der Waals surface area contributed by atoms with Crippen molar-refractivity contribution >= 4 is 16.8 Å². The van der Waals surface area contributed by atoms with Crippen LogP contribution in [0.25, 0.3) is 10.9 Å². The third-order valence-electron chi connectivity index (χ3n) is 4.60. The Balaban J connectivity index is 1.64. The highest BCUT2D eigenvalue weighted by molar-refractivity contribution is 5.98. The van der Waals surface area contributed by atoms with Crippen molar-refractivity contribution in [2.75, 3.05) is 26.2 Å². The van der Waals surface area contributed by atoms with Gasteiger partial charge in [-0.05, 0) is 51.4 Å². The Labute approximate surface area is 142 Å². The molecule has 2 aromatic rings. The summed E-state index contributed by atoms with van der Waals surface area (Å²) in [6, 6.07) is 7.99. The number of amides is 1. The van der Waals surface area contributed by atoms with Crippen LogP contribution < -0.4 is 5.32 Å². The molecule has 2 heterocycles. The molecule has 1 saturated heterocycles. The molecule has 0 aliphatic carbocycles. The van der Waals surface area contributed by atoms with Crippen LogP contribution >= 0.6 is 0 Å². The maximum absolute atomic E-state index is 12.5. The SMILES string of the molecule is Cc1ccc2nc(C)c(C(=O)NCCN3CCCC(O)C3)cc2c1. The van der Waals surface area contributed by atoms with Gasteiger partial charge in [0.2, 0.25) is 0 Å². The summed E-state index contributed by atoms with van der Waals surface area (Å²) in [7, 11) is 0. The molecule has 2 N–H and O–H groups in total. The summed E-state index contributed by atoms with van der Waals surface area (Å²) in [6.07, 6.45) is 1.66. The van der Waals surface area contributed by atoms with Gasteiger partial charge in [0.25, 0.3) is 5.91 Å². The Bertz CT molecular complexity index is 745. The zero-order chi connectivity index (χ0) is 17.1. The number of aryl methyl sites for hydroxylation is 2. The number of fused-ring (bicyclic) bond motifs is 1. The van der Waals surface area contributed by atoms with E-state index in [1.165, 1.54) is 0 Å². The van der Waals surface area contributed by atoms with E-state index in [0.717, 1.165) is 48.1 Å². The van der Waals surface area contributed by atoms with Crippen molar-refractivity contribution in [1.29, 1.82) is 0 Å². The standard InChI is InChI=1S/C19H25N3O2/c1-13-5-6-18-15(10-13)11-17(14(2)21-18)19(24)20-7-9-22-8-3-4-16(23)12-22/h5-6,10-11,16,23H,3-4,7-9,12H2,1-2H3,(H,20,24). The molecule has 1 aromatic heterocycles. The number of nitrogens with one attached hydrogen (secondary N) is 1. The van der Waals surface area contributed by atoms with E-state index in [0.29, 0.717) is 18.7 Å². The molecule has 1 amide bonds. The van der Waals surface area contributed by atoms with Crippen LogP contribution in [0.3, 0.4) is 0 Å². The number of benzene rings is 1. The Morgan fingerprint density at radius 2 is 2.21 bits per heavy atom. The molecule has 24 heavy (non-hydrogen) atoms. The molecule has 5 heteroatoms. The quantitative estimate of drug-likeness (QED) is 0.902. The molecule has 1 aromatic carbocycles. The van der Waals surface area contributed by atoms with Crippen molar-refractivity contribution in [2.24, 2.45) is 0 Å². The molecule has 0 spiro atoms. The number of hydrogen-bond acceptors (Lipinski definition) is 4. The normalized spacial score (nSPS) is 18.7. The van der Waals surface area contributed by atoms with Gasteiger partial charge in [-0.15, -0.1) is 0 Å². The minimum absolute atomic E-state index is 0.0824. The Kier molecular flexibility index (Phi) is 5.11. The zero-order valence-corrected chi connectivity index (χ0v) is 14.4. The van der Waals surface area contributed by atoms with Gasteiger partial charge in [0.1, 0.15) is 0 Å². The number of aromatic nitrogens is 1. The molecule has 1 aliphatic heterocycles. The molecule has 1 unspecified atom stereocenters. The number of hydrogen-bond donors (Lipinski definition) is 2. The molecule has 128 valence electrons. The average Bonchev–Trinajstić information content (AvgIpc) is 2.54. The fourth-order valence-electron chi connectivity index (χ4n) is 3.28. The van der Waals surface area contributed by atoms with Crippen molar-refractivity contribution in [1.82, 2.24) is 15.2 Å². The van der Waals surface area contributed by atoms with E-state index < -0.39 is 0 Å². The molecule has 0 bridgehead atoms. The monoisotopic (exact) mass is 327 g/mol. The molecule has 1 fully saturated rings. The number of pyridine rings is 1. The number of piperidine rings is 1. The predicted molar refractivity (Wildman–Crippen MR) is 95.2 cm³/mol. The third kappa shape index (κ3) is 3.91. The van der Waals surface area contributed by atoms with Crippen LogP contribution in [0.15, 0.2) is 24.3 Å². The molecular formula is C19H25N3O2. The van der Waals surface area contributed by atoms with E-state index in [4.69, 9.17) is 0 Å². The van der Waals surface area contributed by atoms with Crippen LogP contribution in [-0.4, -0.2) is 53.2 Å². The average molecular weight is 327 g/mol. The third-order valence-corrected chi connectivity index (χ3v) is 4.60. The van der Waals surface area contributed by atoms with Gasteiger partial charge in [-0.25, -0.2) is 0 Å². The van der Waals surface area contributed by atoms with E-state index in [9.17, 15) is 9.90 Å². The van der Waals surface area contributed by atoms with Crippen molar-refractivity contribution in [3.63, 3.8) is 0 Å². The van der Waals surface area contributed by atoms with Crippen LogP contribution in [-0.2, 0) is 0 Å². The lowest BCUT2D eigenvalue weighted by Gasteiger charge is -2.29. The Morgan fingerprint density at radius 3 is 3.00 bits per heavy atom. The summed E-state index contributed by atoms with van der Waals surface area (Å²) in [5.74, 6) is -0.0824. The van der Waals surface area contributed by atoms with E-state index in [1.807, 2.05) is 38.1 Å². The molecule has 5 nitrogen and oxygen atoms in total. The highest BCUT2D eigenvalue weighted by atomic mass is 16.3. The first-order valence-corrected chi connectivity index (χ1v) is 8.59. The van der Waals surface area contributed by atoms with Gasteiger partial charge in [-0.3, -0.25) is 14.7 Å². The zero-order valence-electron chi connectivity index (χ0n) is 14.4. The summed E-state index contributed by atoms with van der Waals surface area (Å²) in [5, 5.41) is 13.7. The second kappa shape index (κ2) is 7.28. The van der Waals surface area contributed by atoms with E-state index in [2.05, 4.69) is 15.2 Å². The predicted octanol–water partition coefficient (Wildman–Crippen LogP) is 2.04. The fraction of sp³-hybridized carbons (Fsp3) is 0.474. The van der Waals surface area contributed by atoms with Crippen LogP contribution in [0, 0.1) is 13.8 Å². The van der Waals surface area contributed by atoms with Gasteiger partial charge in [-0.1, -0.05) is 11.6 Å². The summed E-state index contributed by atoms with van der Waals surface area (Å²) in [6.45, 7) is 6.94. The Morgan fingerprint density at radius 1 is 1.38 bits per heavy atom. The molecule has 0 saturated carbocycles. The number of β-amino-alcohol motifs (C(OH)–C–C–N with tert-alkyl or cyclic N) is 1. The van der Waals surface area contributed by atoms with Crippen molar-refractivity contribution in [2.45, 2.75) is 32.8 Å². The van der Waals surface area contributed by atoms with Crippen molar-refractivity contribution in [3.8, 4) is 0 Å². The van der Waals surface area contributed by atoms with E-state index in [1.54, 1.807) is 0 Å². The van der Waals surface area contributed by atoms with Gasteiger partial charge in [0.15, 0.2) is 0 Å². The molecule has 1 atom stereocenters. The number of rotatable bonds is 4. The number of aliphatic hydroxyl groups is 1. The summed E-state index contributed by atoms with van der Waals surface area (Å²) in [5.41, 5.74) is 3.45. The lowest BCUT2D eigenvalue weighted by Crippen LogP contribution is -2.42. The van der Waals surface area contributed by atoms with Gasteiger partial charge < -0.3 is 10.4 Å². The number of nitrogens with zero attached hydrogens (tertiary/aromatic N) is 2. The minimum Gasteiger partial charge on any atom is -0.392 e. The van der Waals surface area contributed by atoms with Crippen LogP contribution in [0.4, 0.5) is 0 Å². The lowest BCUT2D eigenvalue weighted by molar-refractivity contribution is 0.0703. The number of likely N-dealkylation sites (tertiary alicyclic amines) is 1. The van der Waals surface area contributed by atoms with Crippen LogP contribution in [0.1, 0.15) is 34.5 Å². The molecule has 3 rings (SSSR count). The van der Waals surface area contributed by atoms with Crippen molar-refractivity contribution in [3.05, 3.63) is 41.1 Å². The van der Waals surface area contributed by atoms with Gasteiger partial charge >= 0.3 is 0 Å². The fourth-order valence-corrected chi connectivity index (χ4v) is 3.28.